The Balaban J connectivity index is 1.61. The van der Waals surface area contributed by atoms with E-state index in [2.05, 4.69) is 53.2 Å². The maximum absolute atomic E-state index is 12.0. The molecule has 4 rings (SSSR count). The van der Waals surface area contributed by atoms with E-state index < -0.39 is 0 Å². The lowest BCUT2D eigenvalue weighted by molar-refractivity contribution is -0.113. The van der Waals surface area contributed by atoms with Gasteiger partial charge in [-0.05, 0) is 86.3 Å². The highest BCUT2D eigenvalue weighted by Crippen LogP contribution is 2.32. The van der Waals surface area contributed by atoms with E-state index in [4.69, 9.17) is 4.74 Å². The van der Waals surface area contributed by atoms with Crippen LogP contribution in [0.2, 0.25) is 0 Å². The van der Waals surface area contributed by atoms with Gasteiger partial charge in [0.2, 0.25) is 0 Å². The molecule has 3 N–H and O–H groups in total. The molecule has 0 aromatic heterocycles. The van der Waals surface area contributed by atoms with Crippen LogP contribution in [0, 0.1) is 6.92 Å². The number of hydrogen-bond donors (Lipinski definition) is 3. The number of allylic oxidation sites excluding steroid dienone is 2. The first-order chi connectivity index (χ1) is 14.9. The van der Waals surface area contributed by atoms with Gasteiger partial charge < -0.3 is 15.4 Å². The Morgan fingerprint density at radius 2 is 2.03 bits per heavy atom. The summed E-state index contributed by atoms with van der Waals surface area (Å²) in [5.74, 6) is 0.986. The number of ether oxygens (including phenoxy) is 1. The predicted octanol–water partition coefficient (Wildman–Crippen LogP) is 4.14. The number of hydrogen-bond acceptors (Lipinski definition) is 5. The lowest BCUT2D eigenvalue weighted by Gasteiger charge is -2.31. The molecule has 0 saturated carbocycles. The molecule has 0 unspecified atom stereocenters. The molecule has 5 nitrogen and oxygen atoms in total. The zero-order valence-electron chi connectivity index (χ0n) is 18.7. The van der Waals surface area contributed by atoms with E-state index in [-0.39, 0.29) is 18.1 Å². The second kappa shape index (κ2) is 8.98. The highest BCUT2D eigenvalue weighted by atomic mass is 16.5. The monoisotopic (exact) mass is 417 g/mol. The molecule has 2 heterocycles. The molecule has 5 heteroatoms. The molecule has 0 amide bonds. The molecule has 2 aliphatic rings. The van der Waals surface area contributed by atoms with Crippen LogP contribution in [-0.4, -0.2) is 25.0 Å². The molecule has 0 radical (unpaired) electrons. The van der Waals surface area contributed by atoms with Crippen LogP contribution in [0.5, 0.6) is 5.75 Å². The van der Waals surface area contributed by atoms with E-state index in [0.717, 1.165) is 30.0 Å². The van der Waals surface area contributed by atoms with Gasteiger partial charge in [0.25, 0.3) is 0 Å². The molecule has 2 aromatic carbocycles. The number of carbonyl (C=O) groups is 1. The van der Waals surface area contributed by atoms with Crippen molar-refractivity contribution in [3.63, 3.8) is 0 Å². The molecule has 0 bridgehead atoms. The molecule has 0 aliphatic carbocycles. The summed E-state index contributed by atoms with van der Waals surface area (Å²) in [5.41, 5.74) is 7.89. The van der Waals surface area contributed by atoms with Gasteiger partial charge in [-0.25, -0.2) is 0 Å². The molecular formula is C26H31N3O2. The van der Waals surface area contributed by atoms with Crippen molar-refractivity contribution < 1.29 is 9.53 Å². The van der Waals surface area contributed by atoms with Crippen LogP contribution < -0.4 is 20.7 Å². The van der Waals surface area contributed by atoms with Crippen LogP contribution in [0.25, 0.3) is 11.1 Å². The Hall–Kier alpha value is -3.05. The average Bonchev–Trinajstić information content (AvgIpc) is 2.73. The van der Waals surface area contributed by atoms with Gasteiger partial charge >= 0.3 is 0 Å². The number of benzene rings is 2. The van der Waals surface area contributed by atoms with Gasteiger partial charge in [0.15, 0.2) is 5.78 Å². The minimum Gasteiger partial charge on any atom is -0.491 e. The predicted molar refractivity (Wildman–Crippen MR) is 125 cm³/mol. The van der Waals surface area contributed by atoms with Gasteiger partial charge in [0, 0.05) is 17.8 Å². The molecule has 162 valence electrons. The number of fused-ring (bicyclic) bond motifs is 1. The normalized spacial score (nSPS) is 17.9. The third-order valence-corrected chi connectivity index (χ3v) is 5.75. The first kappa shape index (κ1) is 21.2. The van der Waals surface area contributed by atoms with Gasteiger partial charge in [-0.1, -0.05) is 24.3 Å². The molecule has 1 atom stereocenters. The first-order valence-electron chi connectivity index (χ1n) is 11.0. The molecular weight excluding hydrogens is 386 g/mol. The zero-order chi connectivity index (χ0) is 22.0. The summed E-state index contributed by atoms with van der Waals surface area (Å²) in [4.78, 5) is 12.0. The highest BCUT2D eigenvalue weighted by molar-refractivity contribution is 5.97. The number of Topliss-reactive ketones (excluding diaryl/α,β-unsaturated/α-hetero) is 1. The van der Waals surface area contributed by atoms with Gasteiger partial charge in [-0.15, -0.1) is 0 Å². The van der Waals surface area contributed by atoms with Gasteiger partial charge in [-0.3, -0.25) is 10.1 Å². The number of rotatable bonds is 6. The summed E-state index contributed by atoms with van der Waals surface area (Å²) in [6.07, 6.45) is 4.80. The van der Waals surface area contributed by atoms with Crippen molar-refractivity contribution in [3.8, 4) is 16.9 Å². The number of nitrogens with one attached hydrogen (secondary N) is 3. The van der Waals surface area contributed by atoms with Crippen LogP contribution in [0.15, 0.2) is 59.9 Å². The van der Waals surface area contributed by atoms with E-state index in [1.54, 1.807) is 6.92 Å². The van der Waals surface area contributed by atoms with Gasteiger partial charge in [0.1, 0.15) is 11.9 Å². The fourth-order valence-corrected chi connectivity index (χ4v) is 4.30. The minimum absolute atomic E-state index is 0.0154. The third-order valence-electron chi connectivity index (χ3n) is 5.75. The third kappa shape index (κ3) is 4.67. The lowest BCUT2D eigenvalue weighted by atomic mass is 9.92. The summed E-state index contributed by atoms with van der Waals surface area (Å²) in [6.45, 7) is 9.34. The van der Waals surface area contributed by atoms with Crippen molar-refractivity contribution in [2.24, 2.45) is 0 Å². The van der Waals surface area contributed by atoms with Crippen LogP contribution in [-0.2, 0) is 11.2 Å². The quantitative estimate of drug-likeness (QED) is 0.659. The summed E-state index contributed by atoms with van der Waals surface area (Å²) in [6, 6.07) is 13.0. The summed E-state index contributed by atoms with van der Waals surface area (Å²) in [7, 11) is 0. The fourth-order valence-electron chi connectivity index (χ4n) is 4.30. The Labute approximate surface area is 184 Å². The largest absolute Gasteiger partial charge is 0.491 e. The highest BCUT2D eigenvalue weighted by Gasteiger charge is 2.23. The number of aryl methyl sites for hydroxylation is 1. The lowest BCUT2D eigenvalue weighted by Crippen LogP contribution is -2.41. The maximum Gasteiger partial charge on any atom is 0.161 e. The van der Waals surface area contributed by atoms with Crippen molar-refractivity contribution in [2.75, 3.05) is 13.1 Å². The standard InChI is InChI=1S/C26H31N3O2/c1-16(2)31-21-6-8-22(17(3)13-21)19-5-7-24-20(14-19)9-12-28-26(24)29-25-15-27-11-10-23(25)18(4)30/h5-8,10-11,13-14,16,26-29H,9,12,15H2,1-4H3/t26-/m0/s1. The molecule has 0 saturated heterocycles. The SMILES string of the molecule is CC(=O)C1=C(N[C@@H]2NCCc3cc(-c4ccc(OC(C)C)cc4C)ccc32)CNC=C1. The van der Waals surface area contributed by atoms with E-state index in [0.29, 0.717) is 6.54 Å². The molecule has 2 aromatic rings. The fraction of sp³-hybridized carbons (Fsp3) is 0.346. The van der Waals surface area contributed by atoms with Crippen molar-refractivity contribution in [1.29, 1.82) is 0 Å². The van der Waals surface area contributed by atoms with E-state index in [1.165, 1.54) is 27.8 Å². The second-order valence-corrected chi connectivity index (χ2v) is 8.50. The molecule has 31 heavy (non-hydrogen) atoms. The molecule has 0 fully saturated rings. The van der Waals surface area contributed by atoms with Gasteiger partial charge in [0.05, 0.1) is 12.6 Å². The van der Waals surface area contributed by atoms with E-state index in [1.807, 2.05) is 32.2 Å². The Morgan fingerprint density at radius 3 is 2.77 bits per heavy atom. The summed E-state index contributed by atoms with van der Waals surface area (Å²) in [5, 5.41) is 10.3. The number of carbonyl (C=O) groups excluding carboxylic acids is 1. The van der Waals surface area contributed by atoms with Crippen molar-refractivity contribution in [3.05, 3.63) is 76.6 Å². The minimum atomic E-state index is -0.0154. The first-order valence-corrected chi connectivity index (χ1v) is 11.0. The van der Waals surface area contributed by atoms with Crippen LogP contribution in [0.1, 0.15) is 43.6 Å². The van der Waals surface area contributed by atoms with Crippen molar-refractivity contribution in [1.82, 2.24) is 16.0 Å². The average molecular weight is 418 g/mol. The van der Waals surface area contributed by atoms with Crippen molar-refractivity contribution in [2.45, 2.75) is 46.4 Å². The topological polar surface area (TPSA) is 62.4 Å². The second-order valence-electron chi connectivity index (χ2n) is 8.50. The Kier molecular flexibility index (Phi) is 6.14. The molecule has 0 spiro atoms. The van der Waals surface area contributed by atoms with Crippen molar-refractivity contribution >= 4 is 5.78 Å². The summed E-state index contributed by atoms with van der Waals surface area (Å²) >= 11 is 0. The van der Waals surface area contributed by atoms with E-state index >= 15 is 0 Å². The van der Waals surface area contributed by atoms with Crippen LogP contribution in [0.4, 0.5) is 0 Å². The van der Waals surface area contributed by atoms with Crippen LogP contribution in [0.3, 0.4) is 0 Å². The summed E-state index contributed by atoms with van der Waals surface area (Å²) < 4.78 is 5.83. The van der Waals surface area contributed by atoms with E-state index in [9.17, 15) is 4.79 Å². The van der Waals surface area contributed by atoms with Gasteiger partial charge in [-0.2, -0.15) is 0 Å². The Morgan fingerprint density at radius 1 is 1.19 bits per heavy atom. The van der Waals surface area contributed by atoms with Crippen LogP contribution >= 0.6 is 0 Å². The molecule has 2 aliphatic heterocycles. The maximum atomic E-state index is 12.0. The zero-order valence-corrected chi connectivity index (χ0v) is 18.7. The Bertz CT molecular complexity index is 1050. The number of ketones is 1. The smallest absolute Gasteiger partial charge is 0.161 e. The number of dihydropyridines is 1.